The van der Waals surface area contributed by atoms with Gasteiger partial charge in [0.05, 0.1) is 5.69 Å². The van der Waals surface area contributed by atoms with Crippen molar-refractivity contribution in [2.24, 2.45) is 4.99 Å². The van der Waals surface area contributed by atoms with Gasteiger partial charge in [0.15, 0.2) is 0 Å². The standard InChI is InChI=1S/C8H10ClNO2S2/c1-5(2)7-8(14(9,11)12)6(10-3)4-13-7/h4-5H,3H2,1-2H3. The first-order chi connectivity index (χ1) is 6.38. The molecule has 0 spiro atoms. The predicted octanol–water partition coefficient (Wildman–Crippen LogP) is 3.13. The Morgan fingerprint density at radius 3 is 2.50 bits per heavy atom. The first-order valence-electron chi connectivity index (χ1n) is 3.90. The first kappa shape index (κ1) is 11.7. The lowest BCUT2D eigenvalue weighted by Gasteiger charge is -2.04. The van der Waals surface area contributed by atoms with Crippen LogP contribution < -0.4 is 0 Å². The summed E-state index contributed by atoms with van der Waals surface area (Å²) < 4.78 is 22.6. The molecule has 0 aromatic carbocycles. The van der Waals surface area contributed by atoms with Crippen LogP contribution in [0, 0.1) is 0 Å². The van der Waals surface area contributed by atoms with Gasteiger partial charge in [-0.25, -0.2) is 8.42 Å². The highest BCUT2D eigenvalue weighted by atomic mass is 35.7. The Hall–Kier alpha value is -0.390. The molecule has 0 saturated carbocycles. The molecule has 1 aromatic rings. The summed E-state index contributed by atoms with van der Waals surface area (Å²) in [5.41, 5.74) is 0.341. The Kier molecular flexibility index (Phi) is 3.34. The van der Waals surface area contributed by atoms with E-state index >= 15 is 0 Å². The molecule has 0 fully saturated rings. The molecule has 1 rings (SSSR count). The van der Waals surface area contributed by atoms with E-state index < -0.39 is 9.05 Å². The minimum atomic E-state index is -3.73. The van der Waals surface area contributed by atoms with Crippen LogP contribution in [0.5, 0.6) is 0 Å². The van der Waals surface area contributed by atoms with Crippen LogP contribution in [0.1, 0.15) is 24.6 Å². The van der Waals surface area contributed by atoms with Crippen molar-refractivity contribution in [1.82, 2.24) is 0 Å². The van der Waals surface area contributed by atoms with E-state index in [1.807, 2.05) is 13.8 Å². The molecule has 0 radical (unpaired) electrons. The molecule has 0 atom stereocenters. The molecule has 3 nitrogen and oxygen atoms in total. The molecule has 14 heavy (non-hydrogen) atoms. The van der Waals surface area contributed by atoms with E-state index in [0.717, 1.165) is 4.88 Å². The van der Waals surface area contributed by atoms with Crippen LogP contribution in [0.2, 0.25) is 0 Å². The molecule has 0 bridgehead atoms. The average Bonchev–Trinajstić information content (AvgIpc) is 2.45. The van der Waals surface area contributed by atoms with E-state index in [1.165, 1.54) is 11.3 Å². The highest BCUT2D eigenvalue weighted by Gasteiger charge is 2.23. The molecule has 1 heterocycles. The summed E-state index contributed by atoms with van der Waals surface area (Å²) in [6.45, 7) is 7.13. The van der Waals surface area contributed by atoms with Gasteiger partial charge in [0.1, 0.15) is 4.90 Å². The molecule has 0 aliphatic carbocycles. The second-order valence-electron chi connectivity index (χ2n) is 3.06. The number of hydrogen-bond acceptors (Lipinski definition) is 4. The molecule has 0 aliphatic rings. The molecule has 0 unspecified atom stereocenters. The van der Waals surface area contributed by atoms with E-state index in [2.05, 4.69) is 11.7 Å². The third kappa shape index (κ3) is 2.16. The summed E-state index contributed by atoms with van der Waals surface area (Å²) in [4.78, 5) is 4.47. The predicted molar refractivity (Wildman–Crippen MR) is 60.7 cm³/mol. The Balaban J connectivity index is 3.50. The van der Waals surface area contributed by atoms with Crippen molar-refractivity contribution < 1.29 is 8.42 Å². The Morgan fingerprint density at radius 1 is 1.57 bits per heavy atom. The van der Waals surface area contributed by atoms with E-state index in [9.17, 15) is 8.42 Å². The second kappa shape index (κ2) is 4.00. The van der Waals surface area contributed by atoms with Gasteiger partial charge in [-0.05, 0) is 12.6 Å². The minimum absolute atomic E-state index is 0.106. The van der Waals surface area contributed by atoms with Gasteiger partial charge < -0.3 is 0 Å². The van der Waals surface area contributed by atoms with Gasteiger partial charge in [-0.15, -0.1) is 11.3 Å². The lowest BCUT2D eigenvalue weighted by Crippen LogP contribution is -1.95. The van der Waals surface area contributed by atoms with E-state index in [0.29, 0.717) is 5.69 Å². The Morgan fingerprint density at radius 2 is 2.14 bits per heavy atom. The monoisotopic (exact) mass is 251 g/mol. The molecule has 6 heteroatoms. The van der Waals surface area contributed by atoms with Gasteiger partial charge in [-0.1, -0.05) is 13.8 Å². The topological polar surface area (TPSA) is 46.5 Å². The number of thiophene rings is 1. The number of aliphatic imine (C=N–C) groups is 1. The van der Waals surface area contributed by atoms with Crippen molar-refractivity contribution in [3.05, 3.63) is 10.3 Å². The van der Waals surface area contributed by atoms with Gasteiger partial charge >= 0.3 is 0 Å². The fourth-order valence-corrected chi connectivity index (χ4v) is 4.04. The summed E-state index contributed by atoms with van der Waals surface area (Å²) in [7, 11) is 1.60. The van der Waals surface area contributed by atoms with Crippen molar-refractivity contribution in [1.29, 1.82) is 0 Å². The molecule has 1 aromatic heterocycles. The minimum Gasteiger partial charge on any atom is -0.262 e. The van der Waals surface area contributed by atoms with Gasteiger partial charge in [-0.2, -0.15) is 0 Å². The van der Waals surface area contributed by atoms with Gasteiger partial charge in [0.2, 0.25) is 0 Å². The second-order valence-corrected chi connectivity index (χ2v) is 6.48. The van der Waals surface area contributed by atoms with Gasteiger partial charge in [-0.3, -0.25) is 4.99 Å². The number of rotatable bonds is 3. The van der Waals surface area contributed by atoms with Crippen molar-refractivity contribution in [2.45, 2.75) is 24.7 Å². The number of nitrogens with zero attached hydrogens (tertiary/aromatic N) is 1. The van der Waals surface area contributed by atoms with Gasteiger partial charge in [0.25, 0.3) is 9.05 Å². The van der Waals surface area contributed by atoms with Crippen LogP contribution in [0.25, 0.3) is 0 Å². The van der Waals surface area contributed by atoms with E-state index in [1.54, 1.807) is 5.38 Å². The van der Waals surface area contributed by atoms with Crippen molar-refractivity contribution in [3.8, 4) is 0 Å². The zero-order valence-corrected chi connectivity index (χ0v) is 10.2. The van der Waals surface area contributed by atoms with Crippen molar-refractivity contribution in [2.75, 3.05) is 0 Å². The van der Waals surface area contributed by atoms with Gasteiger partial charge in [0, 0.05) is 20.9 Å². The molecule has 0 aliphatic heterocycles. The molecular weight excluding hydrogens is 242 g/mol. The number of halogens is 1. The molecule has 0 N–H and O–H groups in total. The zero-order valence-electron chi connectivity index (χ0n) is 7.82. The quantitative estimate of drug-likeness (QED) is 0.612. The summed E-state index contributed by atoms with van der Waals surface area (Å²) >= 11 is 1.34. The largest absolute Gasteiger partial charge is 0.264 e. The maximum Gasteiger partial charge on any atom is 0.264 e. The maximum absolute atomic E-state index is 11.3. The third-order valence-corrected chi connectivity index (χ3v) is 4.47. The van der Waals surface area contributed by atoms with Crippen molar-refractivity contribution >= 4 is 43.5 Å². The van der Waals surface area contributed by atoms with Crippen LogP contribution >= 0.6 is 22.0 Å². The molecular formula is C8H10ClNO2S2. The Labute approximate surface area is 91.9 Å². The molecule has 0 amide bonds. The van der Waals surface area contributed by atoms with Crippen LogP contribution in [-0.2, 0) is 9.05 Å². The highest BCUT2D eigenvalue weighted by Crippen LogP contribution is 2.39. The fourth-order valence-electron chi connectivity index (χ4n) is 1.10. The van der Waals surface area contributed by atoms with E-state index in [4.69, 9.17) is 10.7 Å². The molecule has 0 saturated heterocycles. The lowest BCUT2D eigenvalue weighted by atomic mass is 10.2. The van der Waals surface area contributed by atoms with Crippen LogP contribution in [0.4, 0.5) is 5.69 Å². The van der Waals surface area contributed by atoms with Crippen molar-refractivity contribution in [3.63, 3.8) is 0 Å². The normalized spacial score (nSPS) is 12.0. The SMILES string of the molecule is C=Nc1csc(C(C)C)c1S(=O)(=O)Cl. The number of hydrogen-bond donors (Lipinski definition) is 0. The third-order valence-electron chi connectivity index (χ3n) is 1.69. The maximum atomic E-state index is 11.3. The average molecular weight is 252 g/mol. The summed E-state index contributed by atoms with van der Waals surface area (Å²) in [6, 6.07) is 0. The highest BCUT2D eigenvalue weighted by molar-refractivity contribution is 8.14. The summed E-state index contributed by atoms with van der Waals surface area (Å²) in [6.07, 6.45) is 0. The van der Waals surface area contributed by atoms with Crippen LogP contribution in [-0.4, -0.2) is 15.1 Å². The smallest absolute Gasteiger partial charge is 0.262 e. The first-order valence-corrected chi connectivity index (χ1v) is 7.09. The van der Waals surface area contributed by atoms with Crippen LogP contribution in [0.3, 0.4) is 0 Å². The zero-order chi connectivity index (χ0) is 10.9. The summed E-state index contributed by atoms with van der Waals surface area (Å²) in [5, 5.41) is 1.65. The van der Waals surface area contributed by atoms with Crippen LogP contribution in [0.15, 0.2) is 15.3 Å². The summed E-state index contributed by atoms with van der Waals surface area (Å²) in [5.74, 6) is 0.110. The van der Waals surface area contributed by atoms with E-state index in [-0.39, 0.29) is 10.8 Å². The molecule has 78 valence electrons. The lowest BCUT2D eigenvalue weighted by molar-refractivity contribution is 0.608. The fraction of sp³-hybridized carbons (Fsp3) is 0.375. The Bertz CT molecular complexity index is 448.